The van der Waals surface area contributed by atoms with Crippen LogP contribution in [-0.2, 0) is 0 Å². The van der Waals surface area contributed by atoms with Crippen molar-refractivity contribution in [1.29, 1.82) is 0 Å². The monoisotopic (exact) mass is 228 g/mol. The van der Waals surface area contributed by atoms with Crippen LogP contribution < -0.4 is 9.64 Å². The Kier molecular flexibility index (Phi) is 3.80. The summed E-state index contributed by atoms with van der Waals surface area (Å²) in [6, 6.07) is 3.82. The molecule has 84 valence electrons. The lowest BCUT2D eigenvalue weighted by Gasteiger charge is -2.34. The van der Waals surface area contributed by atoms with Gasteiger partial charge in [-0.1, -0.05) is 0 Å². The second-order valence-corrected chi connectivity index (χ2v) is 4.33. The molecule has 15 heavy (non-hydrogen) atoms. The number of methoxy groups -OCH3 is 1. The van der Waals surface area contributed by atoms with Crippen molar-refractivity contribution in [3.05, 3.63) is 18.3 Å². The van der Waals surface area contributed by atoms with E-state index < -0.39 is 0 Å². The lowest BCUT2D eigenvalue weighted by Crippen LogP contribution is -2.43. The first kappa shape index (κ1) is 12.1. The molecule has 3 nitrogen and oxygen atoms in total. The first-order chi connectivity index (χ1) is 7.01. The molecule has 0 aliphatic rings. The van der Waals surface area contributed by atoms with Crippen LogP contribution in [-0.4, -0.2) is 30.6 Å². The van der Waals surface area contributed by atoms with E-state index in [4.69, 9.17) is 16.3 Å². The topological polar surface area (TPSA) is 25.4 Å². The van der Waals surface area contributed by atoms with E-state index in [-0.39, 0.29) is 5.54 Å². The van der Waals surface area contributed by atoms with E-state index in [1.54, 1.807) is 13.3 Å². The first-order valence-electron chi connectivity index (χ1n) is 4.81. The van der Waals surface area contributed by atoms with Crippen molar-refractivity contribution in [2.24, 2.45) is 0 Å². The third kappa shape index (κ3) is 2.75. The third-order valence-corrected chi connectivity index (χ3v) is 3.19. The normalized spacial score (nSPS) is 11.3. The Bertz CT molecular complexity index is 311. The molecule has 0 atom stereocenters. The average Bonchev–Trinajstić information content (AvgIpc) is 2.28. The number of halogens is 1. The smallest absolute Gasteiger partial charge is 0.137 e. The van der Waals surface area contributed by atoms with E-state index in [0.29, 0.717) is 5.88 Å². The van der Waals surface area contributed by atoms with E-state index in [1.165, 1.54) is 0 Å². The number of rotatable bonds is 4. The fourth-order valence-corrected chi connectivity index (χ4v) is 1.27. The highest BCUT2D eigenvalue weighted by Crippen LogP contribution is 2.22. The summed E-state index contributed by atoms with van der Waals surface area (Å²) in [5, 5.41) is 0. The van der Waals surface area contributed by atoms with Gasteiger partial charge in [0.05, 0.1) is 13.3 Å². The van der Waals surface area contributed by atoms with Crippen molar-refractivity contribution >= 4 is 17.4 Å². The van der Waals surface area contributed by atoms with Crippen LogP contribution in [0.15, 0.2) is 18.3 Å². The number of pyridine rings is 1. The molecule has 0 unspecified atom stereocenters. The Morgan fingerprint density at radius 1 is 1.47 bits per heavy atom. The number of aromatic nitrogens is 1. The third-order valence-electron chi connectivity index (χ3n) is 2.54. The van der Waals surface area contributed by atoms with E-state index >= 15 is 0 Å². The van der Waals surface area contributed by atoms with Crippen LogP contribution >= 0.6 is 11.6 Å². The largest absolute Gasteiger partial charge is 0.495 e. The second kappa shape index (κ2) is 4.71. The van der Waals surface area contributed by atoms with Crippen LogP contribution in [0.3, 0.4) is 0 Å². The molecule has 0 radical (unpaired) electrons. The molecule has 1 aromatic heterocycles. The molecule has 0 saturated carbocycles. The molecule has 4 heteroatoms. The number of nitrogens with zero attached hydrogens (tertiary/aromatic N) is 2. The molecule has 0 aromatic carbocycles. The SMILES string of the molecule is COc1ccc(N(C)C(C)(C)CCl)nc1. The zero-order valence-corrected chi connectivity index (χ0v) is 10.4. The number of anilines is 1. The molecule has 0 N–H and O–H groups in total. The molecular weight excluding hydrogens is 212 g/mol. The van der Waals surface area contributed by atoms with Gasteiger partial charge in [-0.05, 0) is 26.0 Å². The van der Waals surface area contributed by atoms with Crippen LogP contribution in [0.25, 0.3) is 0 Å². The maximum atomic E-state index is 5.90. The Balaban J connectivity index is 2.87. The minimum Gasteiger partial charge on any atom is -0.495 e. The highest BCUT2D eigenvalue weighted by Gasteiger charge is 2.23. The van der Waals surface area contributed by atoms with Crippen molar-refractivity contribution < 1.29 is 4.74 Å². The van der Waals surface area contributed by atoms with Crippen molar-refractivity contribution in [1.82, 2.24) is 4.98 Å². The van der Waals surface area contributed by atoms with Crippen LogP contribution in [0.1, 0.15) is 13.8 Å². The van der Waals surface area contributed by atoms with Crippen LogP contribution in [0.2, 0.25) is 0 Å². The zero-order valence-electron chi connectivity index (χ0n) is 9.62. The number of hydrogen-bond acceptors (Lipinski definition) is 3. The summed E-state index contributed by atoms with van der Waals surface area (Å²) >= 11 is 5.90. The quantitative estimate of drug-likeness (QED) is 0.741. The van der Waals surface area contributed by atoms with Crippen LogP contribution in [0.5, 0.6) is 5.75 Å². The molecule has 0 bridgehead atoms. The van der Waals surface area contributed by atoms with Gasteiger partial charge in [0, 0.05) is 18.5 Å². The van der Waals surface area contributed by atoms with Gasteiger partial charge in [0.1, 0.15) is 11.6 Å². The summed E-state index contributed by atoms with van der Waals surface area (Å²) < 4.78 is 5.05. The summed E-state index contributed by atoms with van der Waals surface area (Å²) in [6.07, 6.45) is 1.70. The maximum Gasteiger partial charge on any atom is 0.137 e. The average molecular weight is 229 g/mol. The summed E-state index contributed by atoms with van der Waals surface area (Å²) in [6.45, 7) is 4.15. The van der Waals surface area contributed by atoms with E-state index in [0.717, 1.165) is 11.6 Å². The van der Waals surface area contributed by atoms with Crippen LogP contribution in [0, 0.1) is 0 Å². The van der Waals surface area contributed by atoms with Gasteiger partial charge in [0.2, 0.25) is 0 Å². The molecule has 0 saturated heterocycles. The lowest BCUT2D eigenvalue weighted by atomic mass is 10.1. The van der Waals surface area contributed by atoms with Gasteiger partial charge in [0.25, 0.3) is 0 Å². The Hall–Kier alpha value is -0.960. The van der Waals surface area contributed by atoms with E-state index in [1.807, 2.05) is 19.2 Å². The molecule has 0 aliphatic carbocycles. The summed E-state index contributed by atoms with van der Waals surface area (Å²) in [4.78, 5) is 6.36. The molecular formula is C11H17ClN2O. The number of alkyl halides is 1. The van der Waals surface area contributed by atoms with Crippen molar-refractivity contribution in [3.8, 4) is 5.75 Å². The van der Waals surface area contributed by atoms with Gasteiger partial charge in [-0.3, -0.25) is 0 Å². The number of hydrogen-bond donors (Lipinski definition) is 0. The molecule has 0 fully saturated rings. The predicted molar refractivity (Wildman–Crippen MR) is 64.0 cm³/mol. The summed E-state index contributed by atoms with van der Waals surface area (Å²) in [5.74, 6) is 2.20. The van der Waals surface area contributed by atoms with Gasteiger partial charge in [-0.25, -0.2) is 4.98 Å². The fraction of sp³-hybridized carbons (Fsp3) is 0.545. The first-order valence-corrected chi connectivity index (χ1v) is 5.34. The predicted octanol–water partition coefficient (Wildman–Crippen LogP) is 2.54. The molecule has 1 rings (SSSR count). The molecule has 0 amide bonds. The van der Waals surface area contributed by atoms with E-state index in [2.05, 4.69) is 23.7 Å². The molecule has 1 heterocycles. The second-order valence-electron chi connectivity index (χ2n) is 4.06. The van der Waals surface area contributed by atoms with E-state index in [9.17, 15) is 0 Å². The number of ether oxygens (including phenoxy) is 1. The molecule has 0 spiro atoms. The summed E-state index contributed by atoms with van der Waals surface area (Å²) in [7, 11) is 3.61. The fourth-order valence-electron chi connectivity index (χ4n) is 1.09. The minimum atomic E-state index is -0.108. The Morgan fingerprint density at radius 2 is 2.13 bits per heavy atom. The van der Waals surface area contributed by atoms with Crippen molar-refractivity contribution in [2.45, 2.75) is 19.4 Å². The minimum absolute atomic E-state index is 0.108. The highest BCUT2D eigenvalue weighted by atomic mass is 35.5. The van der Waals surface area contributed by atoms with Crippen LogP contribution in [0.4, 0.5) is 5.82 Å². The van der Waals surface area contributed by atoms with Gasteiger partial charge in [-0.15, -0.1) is 11.6 Å². The Morgan fingerprint density at radius 3 is 2.53 bits per heavy atom. The standard InChI is InChI=1S/C11H17ClN2O/c1-11(2,8-12)14(3)10-6-5-9(15-4)7-13-10/h5-7H,8H2,1-4H3. The molecule has 1 aromatic rings. The maximum absolute atomic E-state index is 5.90. The summed E-state index contributed by atoms with van der Waals surface area (Å²) in [5.41, 5.74) is -0.108. The van der Waals surface area contributed by atoms with Gasteiger partial charge < -0.3 is 9.64 Å². The van der Waals surface area contributed by atoms with Crippen molar-refractivity contribution in [3.63, 3.8) is 0 Å². The zero-order chi connectivity index (χ0) is 11.5. The van der Waals surface area contributed by atoms with Gasteiger partial charge in [-0.2, -0.15) is 0 Å². The van der Waals surface area contributed by atoms with Gasteiger partial charge in [0.15, 0.2) is 0 Å². The molecule has 0 aliphatic heterocycles. The van der Waals surface area contributed by atoms with Gasteiger partial charge >= 0.3 is 0 Å². The lowest BCUT2D eigenvalue weighted by molar-refractivity contribution is 0.412. The Labute approximate surface area is 96.0 Å². The highest BCUT2D eigenvalue weighted by molar-refractivity contribution is 6.18. The van der Waals surface area contributed by atoms with Crippen molar-refractivity contribution in [2.75, 3.05) is 24.9 Å².